The Balaban J connectivity index is 1.79. The fourth-order valence-electron chi connectivity index (χ4n) is 2.87. The Bertz CT molecular complexity index is 745. The lowest BCUT2D eigenvalue weighted by molar-refractivity contribution is -0.120. The molecule has 0 aliphatic carbocycles. The molecule has 1 aromatic rings. The summed E-state index contributed by atoms with van der Waals surface area (Å²) in [6, 6.07) is 9.97. The lowest BCUT2D eigenvalue weighted by Crippen LogP contribution is -2.57. The Kier molecular flexibility index (Phi) is 6.63. The summed E-state index contributed by atoms with van der Waals surface area (Å²) < 4.78 is 23.4. The number of hydrogen-bond acceptors (Lipinski definition) is 4. The van der Waals surface area contributed by atoms with E-state index < -0.39 is 14.6 Å². The molecule has 0 spiro atoms. The van der Waals surface area contributed by atoms with Gasteiger partial charge in [0, 0.05) is 26.7 Å². The van der Waals surface area contributed by atoms with Crippen LogP contribution in [-0.4, -0.2) is 68.9 Å². The first-order valence-corrected chi connectivity index (χ1v) is 10.4. The minimum absolute atomic E-state index is 0.0873. The predicted molar refractivity (Wildman–Crippen MR) is 104 cm³/mol. The van der Waals surface area contributed by atoms with Crippen molar-refractivity contribution in [3.63, 3.8) is 0 Å². The second-order valence-corrected chi connectivity index (χ2v) is 9.73. The van der Waals surface area contributed by atoms with Crippen LogP contribution in [0.3, 0.4) is 0 Å². The van der Waals surface area contributed by atoms with Crippen molar-refractivity contribution in [1.29, 1.82) is 0 Å². The number of benzene rings is 1. The number of rotatable bonds is 5. The van der Waals surface area contributed by atoms with Crippen LogP contribution in [0.5, 0.6) is 0 Å². The standard InChI is InChI=1S/C18H28N4O3S/c1-18(2)14-22(11-12-26(18,24)25)17(19-3)21-13-16(23)20-10-9-15-7-5-4-6-8-15/h4-8H,9-14H2,1-3H3,(H,19,21)(H,20,23). The van der Waals surface area contributed by atoms with Gasteiger partial charge in [0.05, 0.1) is 17.0 Å². The number of nitrogens with zero attached hydrogens (tertiary/aromatic N) is 2. The molecule has 8 heteroatoms. The van der Waals surface area contributed by atoms with Gasteiger partial charge in [-0.2, -0.15) is 0 Å². The highest BCUT2D eigenvalue weighted by molar-refractivity contribution is 7.92. The van der Waals surface area contributed by atoms with Gasteiger partial charge in [-0.15, -0.1) is 0 Å². The maximum Gasteiger partial charge on any atom is 0.239 e. The van der Waals surface area contributed by atoms with Crippen molar-refractivity contribution in [2.45, 2.75) is 25.0 Å². The topological polar surface area (TPSA) is 90.9 Å². The molecule has 1 fully saturated rings. The first-order chi connectivity index (χ1) is 12.2. The van der Waals surface area contributed by atoms with Crippen LogP contribution in [0.1, 0.15) is 19.4 Å². The quantitative estimate of drug-likeness (QED) is 0.571. The van der Waals surface area contributed by atoms with Gasteiger partial charge in [-0.3, -0.25) is 9.79 Å². The molecule has 0 unspecified atom stereocenters. The van der Waals surface area contributed by atoms with E-state index in [0.717, 1.165) is 6.42 Å². The molecule has 0 aromatic heterocycles. The summed E-state index contributed by atoms with van der Waals surface area (Å²) >= 11 is 0. The number of sulfone groups is 1. The van der Waals surface area contributed by atoms with Crippen molar-refractivity contribution >= 4 is 21.7 Å². The second kappa shape index (κ2) is 8.53. The van der Waals surface area contributed by atoms with Crippen molar-refractivity contribution in [2.75, 3.05) is 39.0 Å². The summed E-state index contributed by atoms with van der Waals surface area (Å²) in [5.41, 5.74) is 1.17. The summed E-state index contributed by atoms with van der Waals surface area (Å²) in [5.74, 6) is 0.515. The van der Waals surface area contributed by atoms with Crippen LogP contribution in [0.25, 0.3) is 0 Å². The Morgan fingerprint density at radius 1 is 1.23 bits per heavy atom. The Labute approximate surface area is 155 Å². The zero-order valence-corrected chi connectivity index (χ0v) is 16.5. The molecule has 1 heterocycles. The Morgan fingerprint density at radius 2 is 1.92 bits per heavy atom. The normalized spacial score (nSPS) is 19.0. The number of amides is 1. The average molecular weight is 381 g/mol. The van der Waals surface area contributed by atoms with Crippen LogP contribution in [0.4, 0.5) is 0 Å². The van der Waals surface area contributed by atoms with Gasteiger partial charge in [0.25, 0.3) is 0 Å². The van der Waals surface area contributed by atoms with Crippen molar-refractivity contribution in [3.05, 3.63) is 35.9 Å². The van der Waals surface area contributed by atoms with Crippen LogP contribution in [0.15, 0.2) is 35.3 Å². The van der Waals surface area contributed by atoms with E-state index in [1.165, 1.54) is 5.56 Å². The van der Waals surface area contributed by atoms with E-state index >= 15 is 0 Å². The van der Waals surface area contributed by atoms with Crippen LogP contribution in [-0.2, 0) is 21.1 Å². The molecular formula is C18H28N4O3S. The second-order valence-electron chi connectivity index (χ2n) is 6.99. The summed E-state index contributed by atoms with van der Waals surface area (Å²) in [5, 5.41) is 5.89. The van der Waals surface area contributed by atoms with Crippen LogP contribution >= 0.6 is 0 Å². The van der Waals surface area contributed by atoms with Crippen LogP contribution in [0.2, 0.25) is 0 Å². The first-order valence-electron chi connectivity index (χ1n) is 8.74. The van der Waals surface area contributed by atoms with E-state index in [-0.39, 0.29) is 18.2 Å². The fraction of sp³-hybridized carbons (Fsp3) is 0.556. The molecule has 0 saturated carbocycles. The molecule has 0 bridgehead atoms. The monoisotopic (exact) mass is 380 g/mol. The smallest absolute Gasteiger partial charge is 0.239 e. The molecule has 144 valence electrons. The van der Waals surface area contributed by atoms with Gasteiger partial charge in [0.2, 0.25) is 5.91 Å². The van der Waals surface area contributed by atoms with E-state index in [2.05, 4.69) is 15.6 Å². The molecule has 1 amide bonds. The molecule has 0 radical (unpaired) electrons. The lowest BCUT2D eigenvalue weighted by Gasteiger charge is -2.39. The van der Waals surface area contributed by atoms with E-state index in [4.69, 9.17) is 0 Å². The highest BCUT2D eigenvalue weighted by Crippen LogP contribution is 2.23. The summed E-state index contributed by atoms with van der Waals surface area (Å²) in [6.45, 7) is 4.84. The van der Waals surface area contributed by atoms with E-state index in [1.807, 2.05) is 35.2 Å². The first kappa shape index (κ1) is 20.2. The zero-order chi connectivity index (χ0) is 19.2. The van der Waals surface area contributed by atoms with Crippen molar-refractivity contribution in [3.8, 4) is 0 Å². The maximum atomic E-state index is 12.1. The van der Waals surface area contributed by atoms with Crippen molar-refractivity contribution in [2.24, 2.45) is 4.99 Å². The molecule has 1 aliphatic heterocycles. The molecule has 1 saturated heterocycles. The minimum Gasteiger partial charge on any atom is -0.354 e. The van der Waals surface area contributed by atoms with E-state index in [9.17, 15) is 13.2 Å². The molecule has 2 rings (SSSR count). The SMILES string of the molecule is CN=C(NCC(=O)NCCc1ccccc1)N1CCS(=O)(=O)C(C)(C)C1. The number of carbonyl (C=O) groups excluding carboxylic acids is 1. The number of aliphatic imine (C=N–C) groups is 1. The highest BCUT2D eigenvalue weighted by Gasteiger charge is 2.40. The van der Waals surface area contributed by atoms with Crippen LogP contribution in [0, 0.1) is 0 Å². The van der Waals surface area contributed by atoms with E-state index in [0.29, 0.717) is 25.6 Å². The van der Waals surface area contributed by atoms with Gasteiger partial charge in [-0.25, -0.2) is 8.42 Å². The average Bonchev–Trinajstić information content (AvgIpc) is 2.59. The molecular weight excluding hydrogens is 352 g/mol. The molecule has 7 nitrogen and oxygen atoms in total. The lowest BCUT2D eigenvalue weighted by atomic mass is 10.1. The van der Waals surface area contributed by atoms with Gasteiger partial charge in [0.15, 0.2) is 15.8 Å². The Hall–Kier alpha value is -2.09. The summed E-state index contributed by atoms with van der Waals surface area (Å²) in [6.07, 6.45) is 0.777. The van der Waals surface area contributed by atoms with Gasteiger partial charge in [-0.1, -0.05) is 30.3 Å². The van der Waals surface area contributed by atoms with Gasteiger partial charge in [0.1, 0.15) is 0 Å². The fourth-order valence-corrected chi connectivity index (χ4v) is 4.24. The predicted octanol–water partition coefficient (Wildman–Crippen LogP) is 0.430. The number of hydrogen-bond donors (Lipinski definition) is 2. The maximum absolute atomic E-state index is 12.1. The highest BCUT2D eigenvalue weighted by atomic mass is 32.2. The van der Waals surface area contributed by atoms with Crippen molar-refractivity contribution in [1.82, 2.24) is 15.5 Å². The molecule has 2 N–H and O–H groups in total. The summed E-state index contributed by atoms with van der Waals surface area (Å²) in [7, 11) is -1.48. The van der Waals surface area contributed by atoms with Crippen LogP contribution < -0.4 is 10.6 Å². The zero-order valence-electron chi connectivity index (χ0n) is 15.7. The van der Waals surface area contributed by atoms with Gasteiger partial charge in [-0.05, 0) is 25.8 Å². The van der Waals surface area contributed by atoms with Gasteiger partial charge < -0.3 is 15.5 Å². The van der Waals surface area contributed by atoms with Crippen molar-refractivity contribution < 1.29 is 13.2 Å². The number of nitrogens with one attached hydrogen (secondary N) is 2. The third kappa shape index (κ3) is 5.20. The summed E-state index contributed by atoms with van der Waals surface area (Å²) in [4.78, 5) is 18.1. The van der Waals surface area contributed by atoms with Gasteiger partial charge >= 0.3 is 0 Å². The minimum atomic E-state index is -3.11. The number of guanidine groups is 1. The Morgan fingerprint density at radius 3 is 2.54 bits per heavy atom. The third-order valence-corrected chi connectivity index (χ3v) is 7.07. The molecule has 1 aliphatic rings. The molecule has 26 heavy (non-hydrogen) atoms. The molecule has 0 atom stereocenters. The number of carbonyl (C=O) groups is 1. The largest absolute Gasteiger partial charge is 0.354 e. The van der Waals surface area contributed by atoms with E-state index in [1.54, 1.807) is 20.9 Å². The molecule has 1 aromatic carbocycles. The third-order valence-electron chi connectivity index (χ3n) is 4.54.